The van der Waals surface area contributed by atoms with Gasteiger partial charge in [0.05, 0.1) is 19.1 Å². The Morgan fingerprint density at radius 2 is 2.40 bits per heavy atom. The van der Waals surface area contributed by atoms with E-state index >= 15 is 0 Å². The first-order valence-electron chi connectivity index (χ1n) is 6.89. The number of hydrogen-bond acceptors (Lipinski definition) is 3. The lowest BCUT2D eigenvalue weighted by Gasteiger charge is -2.21. The Kier molecular flexibility index (Phi) is 5.16. The number of hydrogen-bond donors (Lipinski definition) is 2. The molecule has 3 N–H and O–H groups in total. The van der Waals surface area contributed by atoms with E-state index in [9.17, 15) is 4.79 Å². The third-order valence-electron chi connectivity index (χ3n) is 3.36. The predicted molar refractivity (Wildman–Crippen MR) is 79.3 cm³/mol. The maximum atomic E-state index is 12.1. The van der Waals surface area contributed by atoms with Crippen LogP contribution in [-0.4, -0.2) is 25.7 Å². The van der Waals surface area contributed by atoms with Crippen LogP contribution in [0.2, 0.25) is 0 Å². The summed E-state index contributed by atoms with van der Waals surface area (Å²) in [6.07, 6.45) is 1.83. The van der Waals surface area contributed by atoms with Crippen molar-refractivity contribution in [1.82, 2.24) is 0 Å². The van der Waals surface area contributed by atoms with Crippen molar-refractivity contribution in [3.05, 3.63) is 29.3 Å². The van der Waals surface area contributed by atoms with E-state index in [0.29, 0.717) is 13.2 Å². The molecule has 0 bridgehead atoms. The van der Waals surface area contributed by atoms with Crippen LogP contribution in [0.25, 0.3) is 0 Å². The van der Waals surface area contributed by atoms with Gasteiger partial charge in [-0.15, -0.1) is 0 Å². The molecule has 0 saturated carbocycles. The van der Waals surface area contributed by atoms with E-state index in [0.717, 1.165) is 36.3 Å². The molecular weight excluding hydrogens is 252 g/mol. The summed E-state index contributed by atoms with van der Waals surface area (Å²) in [5.41, 5.74) is 8.13. The van der Waals surface area contributed by atoms with Gasteiger partial charge in [0.2, 0.25) is 5.91 Å². The highest BCUT2D eigenvalue weighted by Gasteiger charge is 2.21. The highest BCUT2D eigenvalue weighted by Crippen LogP contribution is 2.18. The summed E-state index contributed by atoms with van der Waals surface area (Å²) in [6, 6.07) is 5.73. The molecule has 106 valence electrons. The van der Waals surface area contributed by atoms with Crippen LogP contribution in [-0.2, 0) is 9.53 Å². The second-order valence-corrected chi connectivity index (χ2v) is 4.94. The van der Waals surface area contributed by atoms with Crippen molar-refractivity contribution >= 4 is 11.6 Å². The van der Waals surface area contributed by atoms with Crippen LogP contribution in [0.1, 0.15) is 24.0 Å². The van der Waals surface area contributed by atoms with Crippen molar-refractivity contribution in [1.29, 1.82) is 0 Å². The van der Waals surface area contributed by atoms with Crippen molar-refractivity contribution in [3.63, 3.8) is 0 Å². The van der Waals surface area contributed by atoms with E-state index in [4.69, 9.17) is 10.5 Å². The zero-order chi connectivity index (χ0) is 14.4. The van der Waals surface area contributed by atoms with Crippen LogP contribution >= 0.6 is 0 Å². The zero-order valence-electron chi connectivity index (χ0n) is 11.7. The lowest BCUT2D eigenvalue weighted by molar-refractivity contribution is -0.123. The van der Waals surface area contributed by atoms with Gasteiger partial charge in [-0.2, -0.15) is 0 Å². The third kappa shape index (κ3) is 3.83. The molecule has 20 heavy (non-hydrogen) atoms. The zero-order valence-corrected chi connectivity index (χ0v) is 11.7. The number of amides is 1. The quantitative estimate of drug-likeness (QED) is 0.805. The first kappa shape index (κ1) is 14.6. The molecule has 1 unspecified atom stereocenters. The summed E-state index contributed by atoms with van der Waals surface area (Å²) in [5.74, 6) is 5.82. The Balaban J connectivity index is 2.07. The topological polar surface area (TPSA) is 64.3 Å². The van der Waals surface area contributed by atoms with Crippen molar-refractivity contribution in [2.24, 2.45) is 11.7 Å². The molecule has 0 radical (unpaired) electrons. The fourth-order valence-electron chi connectivity index (χ4n) is 2.17. The van der Waals surface area contributed by atoms with Crippen LogP contribution in [0.4, 0.5) is 5.69 Å². The molecule has 1 heterocycles. The molecule has 4 heteroatoms. The molecule has 0 spiro atoms. The smallest absolute Gasteiger partial charge is 0.229 e. The molecule has 1 aliphatic rings. The number of aryl methyl sites for hydroxylation is 1. The molecule has 1 saturated heterocycles. The van der Waals surface area contributed by atoms with Gasteiger partial charge in [0, 0.05) is 17.9 Å². The van der Waals surface area contributed by atoms with Crippen molar-refractivity contribution < 1.29 is 9.53 Å². The first-order chi connectivity index (χ1) is 9.70. The summed E-state index contributed by atoms with van der Waals surface area (Å²) < 4.78 is 5.34. The fraction of sp³-hybridized carbons (Fsp3) is 0.438. The lowest BCUT2D eigenvalue weighted by Crippen LogP contribution is -2.30. The monoisotopic (exact) mass is 272 g/mol. The number of carbonyl (C=O) groups excluding carboxylic acids is 1. The average Bonchev–Trinajstić information content (AvgIpc) is 2.48. The Hall–Kier alpha value is -1.83. The number of rotatable bonds is 2. The van der Waals surface area contributed by atoms with Crippen LogP contribution in [0.3, 0.4) is 0 Å². The van der Waals surface area contributed by atoms with Crippen molar-refractivity contribution in [2.45, 2.75) is 19.8 Å². The molecule has 1 aromatic carbocycles. The molecular formula is C16H20N2O2. The molecule has 1 atom stereocenters. The second-order valence-electron chi connectivity index (χ2n) is 4.94. The molecule has 1 fully saturated rings. The number of carbonyl (C=O) groups is 1. The Morgan fingerprint density at radius 1 is 1.55 bits per heavy atom. The minimum Gasteiger partial charge on any atom is -0.381 e. The highest BCUT2D eigenvalue weighted by molar-refractivity contribution is 5.92. The van der Waals surface area contributed by atoms with Crippen LogP contribution in [0, 0.1) is 24.7 Å². The van der Waals surface area contributed by atoms with Crippen LogP contribution in [0.15, 0.2) is 18.2 Å². The number of anilines is 1. The van der Waals surface area contributed by atoms with Gasteiger partial charge in [0.25, 0.3) is 0 Å². The van der Waals surface area contributed by atoms with Gasteiger partial charge in [-0.3, -0.25) is 4.79 Å². The maximum Gasteiger partial charge on any atom is 0.229 e. The van der Waals surface area contributed by atoms with Crippen molar-refractivity contribution in [3.8, 4) is 11.8 Å². The number of ether oxygens (including phenoxy) is 1. The van der Waals surface area contributed by atoms with Crippen LogP contribution < -0.4 is 11.1 Å². The molecule has 0 aliphatic carbocycles. The average molecular weight is 272 g/mol. The van der Waals surface area contributed by atoms with E-state index < -0.39 is 0 Å². The van der Waals surface area contributed by atoms with Crippen LogP contribution in [0.5, 0.6) is 0 Å². The molecule has 1 aliphatic heterocycles. The lowest BCUT2D eigenvalue weighted by atomic mass is 10.0. The second kappa shape index (κ2) is 7.09. The van der Waals surface area contributed by atoms with Gasteiger partial charge in [-0.25, -0.2) is 0 Å². The van der Waals surface area contributed by atoms with Gasteiger partial charge in [-0.1, -0.05) is 17.9 Å². The maximum absolute atomic E-state index is 12.1. The SMILES string of the molecule is Cc1ccc(NC(=O)C2CCCOC2)cc1C#CCN. The summed E-state index contributed by atoms with van der Waals surface area (Å²) >= 11 is 0. The van der Waals surface area contributed by atoms with Gasteiger partial charge in [0.15, 0.2) is 0 Å². The molecule has 1 aromatic rings. The van der Waals surface area contributed by atoms with Gasteiger partial charge in [-0.05, 0) is 37.5 Å². The van der Waals surface area contributed by atoms with E-state index in [1.807, 2.05) is 25.1 Å². The Labute approximate surface area is 119 Å². The summed E-state index contributed by atoms with van der Waals surface area (Å²) in [5, 5.41) is 2.94. The molecule has 2 rings (SSSR count). The minimum atomic E-state index is -0.0522. The fourth-order valence-corrected chi connectivity index (χ4v) is 2.17. The van der Waals surface area contributed by atoms with E-state index in [-0.39, 0.29) is 11.8 Å². The Morgan fingerprint density at radius 3 is 3.10 bits per heavy atom. The normalized spacial score (nSPS) is 18.0. The van der Waals surface area contributed by atoms with Crippen molar-refractivity contribution in [2.75, 3.05) is 25.1 Å². The third-order valence-corrected chi connectivity index (χ3v) is 3.36. The minimum absolute atomic E-state index is 0.0197. The van der Waals surface area contributed by atoms with Gasteiger partial charge < -0.3 is 15.8 Å². The van der Waals surface area contributed by atoms with Gasteiger partial charge >= 0.3 is 0 Å². The number of nitrogens with one attached hydrogen (secondary N) is 1. The molecule has 1 amide bonds. The predicted octanol–water partition coefficient (Wildman–Crippen LogP) is 1.67. The highest BCUT2D eigenvalue weighted by atomic mass is 16.5. The number of nitrogens with two attached hydrogens (primary N) is 1. The van der Waals surface area contributed by atoms with Gasteiger partial charge in [0.1, 0.15) is 0 Å². The summed E-state index contributed by atoms with van der Waals surface area (Å²) in [7, 11) is 0. The first-order valence-corrected chi connectivity index (χ1v) is 6.89. The standard InChI is InChI=1S/C16H20N2O2/c1-12-6-7-15(10-13(12)4-2-8-17)18-16(19)14-5-3-9-20-11-14/h6-7,10,14H,3,5,8-9,11,17H2,1H3,(H,18,19). The summed E-state index contributed by atoms with van der Waals surface area (Å²) in [4.78, 5) is 12.1. The largest absolute Gasteiger partial charge is 0.381 e. The van der Waals surface area contributed by atoms with E-state index in [1.54, 1.807) is 0 Å². The van der Waals surface area contributed by atoms with E-state index in [1.165, 1.54) is 0 Å². The summed E-state index contributed by atoms with van der Waals surface area (Å²) in [6.45, 7) is 3.58. The Bertz CT molecular complexity index is 537. The molecule has 0 aromatic heterocycles. The van der Waals surface area contributed by atoms with E-state index in [2.05, 4.69) is 17.2 Å². The molecule has 4 nitrogen and oxygen atoms in total. The number of benzene rings is 1.